The van der Waals surface area contributed by atoms with Gasteiger partial charge >= 0.3 is 0 Å². The molecular weight excluding hydrogens is 304 g/mol. The summed E-state index contributed by atoms with van der Waals surface area (Å²) in [7, 11) is 0. The van der Waals surface area contributed by atoms with Gasteiger partial charge in [-0.2, -0.15) is 10.1 Å². The van der Waals surface area contributed by atoms with Crippen molar-refractivity contribution in [2.45, 2.75) is 6.92 Å². The summed E-state index contributed by atoms with van der Waals surface area (Å²) in [5.41, 5.74) is 6.82. The van der Waals surface area contributed by atoms with Gasteiger partial charge in [0, 0.05) is 10.9 Å². The number of aromatic nitrogens is 4. The molecule has 0 spiro atoms. The van der Waals surface area contributed by atoms with Crippen molar-refractivity contribution in [3.8, 4) is 5.75 Å². The predicted octanol–water partition coefficient (Wildman–Crippen LogP) is 2.97. The number of hydrogen-bond donors (Lipinski definition) is 3. The van der Waals surface area contributed by atoms with Crippen LogP contribution < -0.4 is 5.43 Å². The van der Waals surface area contributed by atoms with Crippen LogP contribution in [0.4, 0.5) is 5.95 Å². The fourth-order valence-corrected chi connectivity index (χ4v) is 2.55. The van der Waals surface area contributed by atoms with Crippen molar-refractivity contribution in [1.82, 2.24) is 20.2 Å². The number of benzene rings is 2. The number of fused-ring (bicyclic) bond motifs is 3. The molecule has 4 rings (SSSR count). The average Bonchev–Trinajstić information content (AvgIpc) is 2.96. The summed E-state index contributed by atoms with van der Waals surface area (Å²) >= 11 is 0. The maximum absolute atomic E-state index is 9.69. The van der Waals surface area contributed by atoms with Gasteiger partial charge in [-0.05, 0) is 24.6 Å². The Balaban J connectivity index is 1.65. The van der Waals surface area contributed by atoms with Gasteiger partial charge in [0.05, 0.1) is 11.7 Å². The number of phenols is 1. The molecule has 118 valence electrons. The molecule has 0 atom stereocenters. The molecule has 7 heteroatoms. The van der Waals surface area contributed by atoms with E-state index in [1.54, 1.807) is 18.2 Å². The fourth-order valence-electron chi connectivity index (χ4n) is 2.55. The lowest BCUT2D eigenvalue weighted by atomic mass is 10.1. The van der Waals surface area contributed by atoms with Crippen molar-refractivity contribution < 1.29 is 5.11 Å². The third kappa shape index (κ3) is 2.41. The molecule has 0 aliphatic carbocycles. The zero-order chi connectivity index (χ0) is 16.5. The molecule has 2 heterocycles. The van der Waals surface area contributed by atoms with E-state index in [9.17, 15) is 5.11 Å². The number of nitrogens with zero attached hydrogens (tertiary/aromatic N) is 4. The van der Waals surface area contributed by atoms with Crippen LogP contribution in [0.25, 0.3) is 22.1 Å². The van der Waals surface area contributed by atoms with Crippen LogP contribution in [-0.2, 0) is 0 Å². The van der Waals surface area contributed by atoms with Gasteiger partial charge in [0.15, 0.2) is 5.65 Å². The summed E-state index contributed by atoms with van der Waals surface area (Å²) in [6.07, 6.45) is 1.50. The second-order valence-electron chi connectivity index (χ2n) is 5.38. The van der Waals surface area contributed by atoms with Gasteiger partial charge in [-0.15, -0.1) is 10.2 Å². The lowest BCUT2D eigenvalue weighted by Gasteiger charge is -1.98. The molecular formula is C17H14N6O. The minimum Gasteiger partial charge on any atom is -0.507 e. The lowest BCUT2D eigenvalue weighted by Crippen LogP contribution is -1.99. The highest BCUT2D eigenvalue weighted by Crippen LogP contribution is 2.24. The number of H-pyrrole nitrogens is 1. The molecule has 0 fully saturated rings. The topological polar surface area (TPSA) is 99.1 Å². The summed E-state index contributed by atoms with van der Waals surface area (Å²) in [6, 6.07) is 12.9. The second-order valence-corrected chi connectivity index (χ2v) is 5.38. The van der Waals surface area contributed by atoms with Gasteiger partial charge in [-0.25, -0.2) is 5.43 Å². The number of aromatic amines is 1. The number of anilines is 1. The minimum atomic E-state index is 0.156. The SMILES string of the molecule is Cc1cccc2c1[nH]c1nc(N/N=C/c3ccccc3O)nnc12. The van der Waals surface area contributed by atoms with E-state index in [1.165, 1.54) is 6.21 Å². The molecule has 2 aromatic carbocycles. The number of para-hydroxylation sites is 2. The van der Waals surface area contributed by atoms with Crippen LogP contribution in [0.5, 0.6) is 5.75 Å². The maximum atomic E-state index is 9.69. The number of hydrogen-bond acceptors (Lipinski definition) is 6. The molecule has 0 aliphatic rings. The molecule has 0 aliphatic heterocycles. The quantitative estimate of drug-likeness (QED) is 0.398. The second kappa shape index (κ2) is 5.62. The highest BCUT2D eigenvalue weighted by Gasteiger charge is 2.09. The van der Waals surface area contributed by atoms with E-state index in [2.05, 4.69) is 30.7 Å². The van der Waals surface area contributed by atoms with E-state index >= 15 is 0 Å². The number of rotatable bonds is 3. The third-order valence-electron chi connectivity index (χ3n) is 3.76. The standard InChI is InChI=1S/C17H14N6O/c1-10-5-4-7-12-14(10)19-16-15(12)21-23-17(20-16)22-18-9-11-6-2-3-8-13(11)24/h2-9,24H,1H3,(H2,19,20,22,23)/b18-9+. The third-order valence-corrected chi connectivity index (χ3v) is 3.76. The average molecular weight is 318 g/mol. The van der Waals surface area contributed by atoms with Gasteiger partial charge in [0.2, 0.25) is 0 Å². The van der Waals surface area contributed by atoms with Crippen LogP contribution in [-0.4, -0.2) is 31.5 Å². The largest absolute Gasteiger partial charge is 0.507 e. The number of nitrogens with one attached hydrogen (secondary N) is 2. The molecule has 3 N–H and O–H groups in total. The van der Waals surface area contributed by atoms with E-state index in [4.69, 9.17) is 0 Å². The van der Waals surface area contributed by atoms with Crippen molar-refractivity contribution >= 4 is 34.2 Å². The Hall–Kier alpha value is -3.48. The Bertz CT molecular complexity index is 1070. The Morgan fingerprint density at radius 3 is 2.88 bits per heavy atom. The normalized spacial score (nSPS) is 11.5. The molecule has 0 unspecified atom stereocenters. The fraction of sp³-hybridized carbons (Fsp3) is 0.0588. The Kier molecular flexibility index (Phi) is 3.31. The summed E-state index contributed by atoms with van der Waals surface area (Å²) in [6.45, 7) is 2.03. The van der Waals surface area contributed by atoms with E-state index < -0.39 is 0 Å². The Morgan fingerprint density at radius 1 is 1.12 bits per heavy atom. The highest BCUT2D eigenvalue weighted by atomic mass is 16.3. The molecule has 0 saturated heterocycles. The van der Waals surface area contributed by atoms with Crippen molar-refractivity contribution in [2.75, 3.05) is 5.43 Å². The van der Waals surface area contributed by atoms with Gasteiger partial charge in [0.25, 0.3) is 5.95 Å². The van der Waals surface area contributed by atoms with E-state index in [0.29, 0.717) is 11.2 Å². The van der Waals surface area contributed by atoms with Crippen LogP contribution in [0.2, 0.25) is 0 Å². The molecule has 0 radical (unpaired) electrons. The van der Waals surface area contributed by atoms with Crippen LogP contribution in [0.1, 0.15) is 11.1 Å². The lowest BCUT2D eigenvalue weighted by molar-refractivity contribution is 0.474. The van der Waals surface area contributed by atoms with Crippen molar-refractivity contribution in [2.24, 2.45) is 5.10 Å². The van der Waals surface area contributed by atoms with Gasteiger partial charge in [-0.3, -0.25) is 0 Å². The van der Waals surface area contributed by atoms with Gasteiger partial charge in [-0.1, -0.05) is 30.3 Å². The van der Waals surface area contributed by atoms with Crippen molar-refractivity contribution in [3.05, 3.63) is 53.6 Å². The van der Waals surface area contributed by atoms with Crippen LogP contribution in [0.3, 0.4) is 0 Å². The number of aryl methyl sites for hydroxylation is 1. The zero-order valence-corrected chi connectivity index (χ0v) is 12.9. The highest BCUT2D eigenvalue weighted by molar-refractivity contribution is 6.04. The first-order valence-electron chi connectivity index (χ1n) is 7.41. The summed E-state index contributed by atoms with van der Waals surface area (Å²) in [4.78, 5) is 7.65. The molecule has 0 saturated carbocycles. The molecule has 2 aromatic heterocycles. The number of hydrazone groups is 1. The van der Waals surface area contributed by atoms with Crippen LogP contribution >= 0.6 is 0 Å². The van der Waals surface area contributed by atoms with Crippen molar-refractivity contribution in [1.29, 1.82) is 0 Å². The Labute approximate surface area is 137 Å². The first kappa shape index (κ1) is 14.1. The first-order chi connectivity index (χ1) is 11.7. The summed E-state index contributed by atoms with van der Waals surface area (Å²) in [5.74, 6) is 0.432. The molecule has 0 bridgehead atoms. The van der Waals surface area contributed by atoms with Gasteiger partial charge < -0.3 is 10.1 Å². The van der Waals surface area contributed by atoms with E-state index in [0.717, 1.165) is 22.0 Å². The molecule has 0 amide bonds. The van der Waals surface area contributed by atoms with Gasteiger partial charge in [0.1, 0.15) is 11.3 Å². The number of phenolic OH excluding ortho intramolecular Hbond substituents is 1. The Morgan fingerprint density at radius 2 is 2.00 bits per heavy atom. The van der Waals surface area contributed by atoms with E-state index in [1.807, 2.05) is 31.2 Å². The first-order valence-corrected chi connectivity index (χ1v) is 7.41. The maximum Gasteiger partial charge on any atom is 0.265 e. The molecule has 4 aromatic rings. The van der Waals surface area contributed by atoms with Crippen molar-refractivity contribution in [3.63, 3.8) is 0 Å². The smallest absolute Gasteiger partial charge is 0.265 e. The summed E-state index contributed by atoms with van der Waals surface area (Å²) in [5, 5.41) is 23.0. The monoisotopic (exact) mass is 318 g/mol. The van der Waals surface area contributed by atoms with E-state index in [-0.39, 0.29) is 11.7 Å². The minimum absolute atomic E-state index is 0.156. The predicted molar refractivity (Wildman–Crippen MR) is 93.3 cm³/mol. The molecule has 24 heavy (non-hydrogen) atoms. The number of aromatic hydroxyl groups is 1. The van der Waals surface area contributed by atoms with Crippen LogP contribution in [0, 0.1) is 6.92 Å². The van der Waals surface area contributed by atoms with Crippen LogP contribution in [0.15, 0.2) is 47.6 Å². The molecule has 7 nitrogen and oxygen atoms in total. The zero-order valence-electron chi connectivity index (χ0n) is 12.9. The summed E-state index contributed by atoms with van der Waals surface area (Å²) < 4.78 is 0.